The average Bonchev–Trinajstić information content (AvgIpc) is 2.95. The lowest BCUT2D eigenvalue weighted by atomic mass is 10.1. The third kappa shape index (κ3) is 8.07. The number of hydrogen-bond acceptors (Lipinski definition) is 4. The van der Waals surface area contributed by atoms with E-state index in [1.165, 1.54) is 17.0 Å². The number of nitrogens with zero attached hydrogens (tertiary/aromatic N) is 2. The average molecular weight is 570 g/mol. The molecule has 0 aliphatic rings. The molecule has 0 aliphatic carbocycles. The highest BCUT2D eigenvalue weighted by atomic mass is 35.5. The summed E-state index contributed by atoms with van der Waals surface area (Å²) >= 11 is 6.06. The first-order chi connectivity index (χ1) is 18.7. The van der Waals surface area contributed by atoms with Gasteiger partial charge in [-0.05, 0) is 68.1 Å². The van der Waals surface area contributed by atoms with Gasteiger partial charge in [-0.3, -0.25) is 13.9 Å². The first kappa shape index (κ1) is 30.2. The van der Waals surface area contributed by atoms with Gasteiger partial charge in [0.05, 0.1) is 10.6 Å². The number of sulfonamides is 1. The number of carbonyl (C=O) groups is 2. The lowest BCUT2D eigenvalue weighted by Gasteiger charge is -2.33. The van der Waals surface area contributed by atoms with Crippen LogP contribution < -0.4 is 9.62 Å². The zero-order valence-electron chi connectivity index (χ0n) is 22.6. The van der Waals surface area contributed by atoms with E-state index >= 15 is 0 Å². The van der Waals surface area contributed by atoms with Crippen molar-refractivity contribution in [1.82, 2.24) is 10.2 Å². The molecule has 2 atom stereocenters. The Morgan fingerprint density at radius 2 is 1.46 bits per heavy atom. The van der Waals surface area contributed by atoms with Gasteiger partial charge in [-0.1, -0.05) is 74.0 Å². The molecule has 0 aromatic heterocycles. The van der Waals surface area contributed by atoms with Crippen LogP contribution in [0.3, 0.4) is 0 Å². The fraction of sp³-hybridized carbons (Fsp3) is 0.333. The van der Waals surface area contributed by atoms with Crippen molar-refractivity contribution in [2.75, 3.05) is 17.4 Å². The molecule has 39 heavy (non-hydrogen) atoms. The molecule has 0 aliphatic heterocycles. The molecule has 1 N–H and O–H groups in total. The summed E-state index contributed by atoms with van der Waals surface area (Å²) < 4.78 is 28.6. The fourth-order valence-corrected chi connectivity index (χ4v) is 5.75. The van der Waals surface area contributed by atoms with E-state index in [0.717, 1.165) is 16.3 Å². The lowest BCUT2D eigenvalue weighted by Crippen LogP contribution is -2.54. The van der Waals surface area contributed by atoms with Crippen LogP contribution in [0.1, 0.15) is 39.2 Å². The van der Waals surface area contributed by atoms with Gasteiger partial charge in [0.2, 0.25) is 11.8 Å². The Hall–Kier alpha value is -3.36. The summed E-state index contributed by atoms with van der Waals surface area (Å²) in [6.45, 7) is 5.52. The SMILES string of the molecule is CC[C@H](C)NC(=O)[C@H](CC)N(CCc1ccccc1)C(=O)CN(c1ccc(Cl)cc1)S(=O)(=O)c1ccccc1. The molecule has 0 unspecified atom stereocenters. The molecule has 0 radical (unpaired) electrons. The van der Waals surface area contributed by atoms with E-state index in [9.17, 15) is 18.0 Å². The minimum absolute atomic E-state index is 0.0540. The first-order valence-electron chi connectivity index (χ1n) is 13.1. The molecule has 7 nitrogen and oxygen atoms in total. The normalized spacial score (nSPS) is 12.8. The number of amides is 2. The Bertz CT molecular complexity index is 1320. The van der Waals surface area contributed by atoms with Gasteiger partial charge < -0.3 is 10.2 Å². The molecule has 208 valence electrons. The van der Waals surface area contributed by atoms with Crippen LogP contribution in [0, 0.1) is 0 Å². The number of benzene rings is 3. The second kappa shape index (κ2) is 14.1. The van der Waals surface area contributed by atoms with E-state index in [1.807, 2.05) is 51.1 Å². The Morgan fingerprint density at radius 1 is 0.872 bits per heavy atom. The zero-order chi connectivity index (χ0) is 28.4. The van der Waals surface area contributed by atoms with Crippen molar-refractivity contribution < 1.29 is 18.0 Å². The predicted octanol–water partition coefficient (Wildman–Crippen LogP) is 5.30. The van der Waals surface area contributed by atoms with Crippen LogP contribution in [-0.4, -0.2) is 50.3 Å². The highest BCUT2D eigenvalue weighted by Gasteiger charge is 2.33. The molecule has 0 fully saturated rings. The minimum atomic E-state index is -4.10. The van der Waals surface area contributed by atoms with Gasteiger partial charge in [0.1, 0.15) is 12.6 Å². The topological polar surface area (TPSA) is 86.8 Å². The van der Waals surface area contributed by atoms with Gasteiger partial charge in [-0.25, -0.2) is 8.42 Å². The maximum absolute atomic E-state index is 14.0. The van der Waals surface area contributed by atoms with Crippen LogP contribution >= 0.6 is 11.6 Å². The number of carbonyl (C=O) groups excluding carboxylic acids is 2. The van der Waals surface area contributed by atoms with Crippen molar-refractivity contribution in [1.29, 1.82) is 0 Å². The van der Waals surface area contributed by atoms with Crippen LogP contribution in [-0.2, 0) is 26.0 Å². The fourth-order valence-electron chi connectivity index (χ4n) is 4.19. The van der Waals surface area contributed by atoms with E-state index in [0.29, 0.717) is 23.6 Å². The maximum atomic E-state index is 14.0. The number of hydrogen-bond donors (Lipinski definition) is 1. The second-order valence-corrected chi connectivity index (χ2v) is 11.7. The van der Waals surface area contributed by atoms with Gasteiger partial charge in [0.25, 0.3) is 10.0 Å². The summed E-state index contributed by atoms with van der Waals surface area (Å²) in [5.41, 5.74) is 1.32. The molecule has 2 amide bonds. The molecule has 0 saturated heterocycles. The van der Waals surface area contributed by atoms with E-state index in [2.05, 4.69) is 5.32 Å². The molecule has 3 aromatic rings. The zero-order valence-corrected chi connectivity index (χ0v) is 24.2. The monoisotopic (exact) mass is 569 g/mol. The Kier molecular flexibility index (Phi) is 10.9. The smallest absolute Gasteiger partial charge is 0.264 e. The van der Waals surface area contributed by atoms with Gasteiger partial charge in [0.15, 0.2) is 0 Å². The lowest BCUT2D eigenvalue weighted by molar-refractivity contribution is -0.139. The number of nitrogens with one attached hydrogen (secondary N) is 1. The van der Waals surface area contributed by atoms with Gasteiger partial charge >= 0.3 is 0 Å². The summed E-state index contributed by atoms with van der Waals surface area (Å²) in [4.78, 5) is 28.8. The molecule has 0 spiro atoms. The van der Waals surface area contributed by atoms with E-state index in [1.54, 1.807) is 42.5 Å². The molecule has 0 bridgehead atoms. The van der Waals surface area contributed by atoms with Crippen LogP contribution in [0.15, 0.2) is 89.8 Å². The summed E-state index contributed by atoms with van der Waals surface area (Å²) in [7, 11) is -4.10. The third-order valence-corrected chi connectivity index (χ3v) is 8.64. The van der Waals surface area contributed by atoms with Crippen LogP contribution in [0.25, 0.3) is 0 Å². The largest absolute Gasteiger partial charge is 0.352 e. The number of halogens is 1. The molecule has 0 saturated carbocycles. The standard InChI is InChI=1S/C30H36ClN3O4S/c1-4-23(3)32-30(36)28(5-2)33(21-20-24-12-8-6-9-13-24)29(35)22-34(26-18-16-25(31)17-19-26)39(37,38)27-14-10-7-11-15-27/h6-19,23,28H,4-5,20-22H2,1-3H3,(H,32,36)/t23-,28-/m0/s1. The van der Waals surface area contributed by atoms with Crippen molar-refractivity contribution in [3.8, 4) is 0 Å². The Labute approximate surface area is 236 Å². The van der Waals surface area contributed by atoms with Crippen molar-refractivity contribution in [3.63, 3.8) is 0 Å². The predicted molar refractivity (Wildman–Crippen MR) is 156 cm³/mol. The molecular weight excluding hydrogens is 534 g/mol. The molecule has 0 heterocycles. The Balaban J connectivity index is 1.99. The Morgan fingerprint density at radius 3 is 2.03 bits per heavy atom. The highest BCUT2D eigenvalue weighted by molar-refractivity contribution is 7.92. The summed E-state index contributed by atoms with van der Waals surface area (Å²) in [5.74, 6) is -0.719. The van der Waals surface area contributed by atoms with Crippen molar-refractivity contribution in [2.45, 2.75) is 57.0 Å². The van der Waals surface area contributed by atoms with E-state index < -0.39 is 28.5 Å². The first-order valence-corrected chi connectivity index (χ1v) is 15.0. The van der Waals surface area contributed by atoms with E-state index in [-0.39, 0.29) is 23.4 Å². The van der Waals surface area contributed by atoms with Gasteiger partial charge in [0, 0.05) is 17.6 Å². The second-order valence-electron chi connectivity index (χ2n) is 9.37. The molecule has 9 heteroatoms. The van der Waals surface area contributed by atoms with Crippen molar-refractivity contribution in [2.24, 2.45) is 0 Å². The highest BCUT2D eigenvalue weighted by Crippen LogP contribution is 2.26. The number of rotatable bonds is 13. The molecule has 3 rings (SSSR count). The van der Waals surface area contributed by atoms with Crippen molar-refractivity contribution in [3.05, 3.63) is 95.5 Å². The van der Waals surface area contributed by atoms with Crippen molar-refractivity contribution >= 4 is 39.1 Å². The van der Waals surface area contributed by atoms with Crippen LogP contribution in [0.4, 0.5) is 5.69 Å². The van der Waals surface area contributed by atoms with E-state index in [4.69, 9.17) is 11.6 Å². The van der Waals surface area contributed by atoms with Gasteiger partial charge in [-0.2, -0.15) is 0 Å². The summed E-state index contributed by atoms with van der Waals surface area (Å²) in [5, 5.41) is 3.43. The van der Waals surface area contributed by atoms with Gasteiger partial charge in [-0.15, -0.1) is 0 Å². The summed E-state index contributed by atoms with van der Waals surface area (Å²) in [6.07, 6.45) is 1.65. The van der Waals surface area contributed by atoms with Crippen LogP contribution in [0.5, 0.6) is 0 Å². The minimum Gasteiger partial charge on any atom is -0.352 e. The number of anilines is 1. The van der Waals surface area contributed by atoms with Crippen LogP contribution in [0.2, 0.25) is 5.02 Å². The summed E-state index contributed by atoms with van der Waals surface area (Å²) in [6, 6.07) is 23.1. The molecular formula is C30H36ClN3O4S. The quantitative estimate of drug-likeness (QED) is 0.303. The third-order valence-electron chi connectivity index (χ3n) is 6.60. The maximum Gasteiger partial charge on any atom is 0.264 e. The molecule has 3 aromatic carbocycles.